The van der Waals surface area contributed by atoms with E-state index in [1.807, 2.05) is 42.5 Å². The number of pyridine rings is 1. The van der Waals surface area contributed by atoms with E-state index in [-0.39, 0.29) is 11.8 Å². The van der Waals surface area contributed by atoms with Crippen LogP contribution in [0, 0.1) is 5.92 Å². The summed E-state index contributed by atoms with van der Waals surface area (Å²) in [7, 11) is 4.08. The monoisotopic (exact) mass is 518 g/mol. The van der Waals surface area contributed by atoms with E-state index in [0.717, 1.165) is 65.9 Å². The molecule has 4 aromatic rings. The first-order chi connectivity index (χ1) is 17.8. The molecule has 194 valence electrons. The minimum Gasteiger partial charge on any atom is -0.354 e. The quantitative estimate of drug-likeness (QED) is 0.401. The van der Waals surface area contributed by atoms with Crippen molar-refractivity contribution in [3.63, 3.8) is 0 Å². The van der Waals surface area contributed by atoms with Crippen molar-refractivity contribution in [1.29, 1.82) is 0 Å². The van der Waals surface area contributed by atoms with E-state index in [1.54, 1.807) is 11.3 Å². The Kier molecular flexibility index (Phi) is 6.03. The molecule has 6 rings (SSSR count). The van der Waals surface area contributed by atoms with E-state index in [2.05, 4.69) is 56.4 Å². The number of carbonyl (C=O) groups excluding carboxylic acids is 1. The van der Waals surface area contributed by atoms with Gasteiger partial charge in [-0.2, -0.15) is 4.98 Å². The molecule has 37 heavy (non-hydrogen) atoms. The lowest BCUT2D eigenvalue weighted by atomic mass is 9.93. The van der Waals surface area contributed by atoms with Crippen molar-refractivity contribution in [2.45, 2.75) is 25.8 Å². The largest absolute Gasteiger partial charge is 0.354 e. The van der Waals surface area contributed by atoms with Crippen molar-refractivity contribution in [3.05, 3.63) is 47.7 Å². The molecule has 0 bridgehead atoms. The number of hydrogen-bond acceptors (Lipinski definition) is 8. The zero-order valence-electron chi connectivity index (χ0n) is 22.0. The molecule has 0 atom stereocenters. The molecule has 0 aliphatic carbocycles. The van der Waals surface area contributed by atoms with Crippen LogP contribution in [-0.2, 0) is 10.3 Å². The molecule has 0 N–H and O–H groups in total. The summed E-state index contributed by atoms with van der Waals surface area (Å²) in [5, 5.41) is 2.08. The highest BCUT2D eigenvalue weighted by atomic mass is 32.1. The highest BCUT2D eigenvalue weighted by molar-refractivity contribution is 7.17. The van der Waals surface area contributed by atoms with Gasteiger partial charge in [-0.25, -0.2) is 9.97 Å². The summed E-state index contributed by atoms with van der Waals surface area (Å²) in [5.41, 5.74) is 2.38. The van der Waals surface area contributed by atoms with Crippen LogP contribution in [0.25, 0.3) is 15.9 Å². The summed E-state index contributed by atoms with van der Waals surface area (Å²) in [6.07, 6.45) is 4.98. The maximum absolute atomic E-state index is 13.6. The van der Waals surface area contributed by atoms with Crippen molar-refractivity contribution in [3.8, 4) is 0 Å². The third-order valence-electron chi connectivity index (χ3n) is 8.02. The Morgan fingerprint density at radius 1 is 1.08 bits per heavy atom. The van der Waals surface area contributed by atoms with Gasteiger partial charge in [0.05, 0.1) is 33.6 Å². The minimum absolute atomic E-state index is 0.0660. The molecule has 2 fully saturated rings. The predicted molar refractivity (Wildman–Crippen MR) is 148 cm³/mol. The maximum Gasteiger partial charge on any atom is 0.229 e. The molecule has 0 saturated carbocycles. The number of amides is 1. The number of rotatable bonds is 5. The van der Waals surface area contributed by atoms with Gasteiger partial charge in [-0.15, -0.1) is 11.3 Å². The third-order valence-corrected chi connectivity index (χ3v) is 8.92. The molecule has 1 amide bonds. The lowest BCUT2D eigenvalue weighted by Crippen LogP contribution is -2.57. The van der Waals surface area contributed by atoms with Crippen LogP contribution >= 0.6 is 11.3 Å². The van der Waals surface area contributed by atoms with E-state index in [0.29, 0.717) is 13.1 Å². The fraction of sp³-hybridized carbons (Fsp3) is 0.481. The van der Waals surface area contributed by atoms with Crippen molar-refractivity contribution in [2.24, 2.45) is 5.92 Å². The number of carbonyl (C=O) groups is 1. The standard InChI is InChI=1S/C27H34N8OS/c1-27(2,21-16-28-22-8-5-6-12-35(21)22)32(4)25(36)19-17-34(18-19)24-23-20(9-15-37-23)29-26(30-24)33-11-7-10-31(3)13-14-33/h5-6,8-9,12,15-16,19H,7,10-11,13-14,17-18H2,1-4H3. The minimum atomic E-state index is -0.499. The molecule has 2 aliphatic heterocycles. The Hall–Kier alpha value is -3.24. The van der Waals surface area contributed by atoms with Crippen molar-refractivity contribution in [1.82, 2.24) is 29.2 Å². The Balaban J connectivity index is 1.20. The molecule has 6 heterocycles. The number of aromatic nitrogens is 4. The first-order valence-electron chi connectivity index (χ1n) is 13.0. The molecule has 9 nitrogen and oxygen atoms in total. The van der Waals surface area contributed by atoms with Gasteiger partial charge in [0.1, 0.15) is 5.65 Å². The molecular weight excluding hydrogens is 484 g/mol. The Labute approximate surface area is 221 Å². The topological polar surface area (TPSA) is 73.1 Å². The summed E-state index contributed by atoms with van der Waals surface area (Å²) in [4.78, 5) is 36.9. The van der Waals surface area contributed by atoms with E-state index >= 15 is 0 Å². The van der Waals surface area contributed by atoms with Gasteiger partial charge in [0.2, 0.25) is 11.9 Å². The van der Waals surface area contributed by atoms with Crippen molar-refractivity contribution in [2.75, 3.05) is 63.2 Å². The number of nitrogens with zero attached hydrogens (tertiary/aromatic N) is 8. The van der Waals surface area contributed by atoms with Gasteiger partial charge in [-0.1, -0.05) is 6.07 Å². The molecule has 0 spiro atoms. The van der Waals surface area contributed by atoms with Gasteiger partial charge in [0.15, 0.2) is 5.82 Å². The summed E-state index contributed by atoms with van der Waals surface area (Å²) < 4.78 is 3.16. The van der Waals surface area contributed by atoms with Crippen LogP contribution in [0.5, 0.6) is 0 Å². The summed E-state index contributed by atoms with van der Waals surface area (Å²) in [5.74, 6) is 1.85. The second-order valence-electron chi connectivity index (χ2n) is 10.8. The average molecular weight is 519 g/mol. The number of anilines is 2. The van der Waals surface area contributed by atoms with Crippen LogP contribution in [0.2, 0.25) is 0 Å². The smallest absolute Gasteiger partial charge is 0.229 e. The van der Waals surface area contributed by atoms with Crippen molar-refractivity contribution >= 4 is 44.9 Å². The molecule has 4 aromatic heterocycles. The van der Waals surface area contributed by atoms with E-state index in [1.165, 1.54) is 0 Å². The average Bonchev–Trinajstić information content (AvgIpc) is 3.46. The number of hydrogen-bond donors (Lipinski definition) is 0. The predicted octanol–water partition coefficient (Wildman–Crippen LogP) is 3.31. The van der Waals surface area contributed by atoms with Crippen molar-refractivity contribution < 1.29 is 4.79 Å². The van der Waals surface area contributed by atoms with Crippen LogP contribution in [0.3, 0.4) is 0 Å². The van der Waals surface area contributed by atoms with Crippen LogP contribution < -0.4 is 9.80 Å². The lowest BCUT2D eigenvalue weighted by Gasteiger charge is -2.44. The molecule has 0 radical (unpaired) electrons. The Bertz CT molecular complexity index is 1440. The van der Waals surface area contributed by atoms with Gasteiger partial charge in [-0.3, -0.25) is 4.79 Å². The third kappa shape index (κ3) is 4.21. The second kappa shape index (κ2) is 9.25. The van der Waals surface area contributed by atoms with Crippen LogP contribution in [0.15, 0.2) is 42.0 Å². The number of fused-ring (bicyclic) bond motifs is 2. The highest BCUT2D eigenvalue weighted by Crippen LogP contribution is 2.36. The molecule has 0 aromatic carbocycles. The van der Waals surface area contributed by atoms with E-state index in [9.17, 15) is 4.79 Å². The van der Waals surface area contributed by atoms with Gasteiger partial charge >= 0.3 is 0 Å². The maximum atomic E-state index is 13.6. The SMILES string of the molecule is CN1CCCN(c2nc(N3CC(C(=O)N(C)C(C)(C)c4cnc5ccccn45)C3)c3sccc3n2)CC1. The molecular formula is C27H34N8OS. The van der Waals surface area contributed by atoms with Gasteiger partial charge in [0.25, 0.3) is 0 Å². The lowest BCUT2D eigenvalue weighted by molar-refractivity contribution is -0.140. The first-order valence-corrected chi connectivity index (χ1v) is 13.8. The number of imidazole rings is 1. The fourth-order valence-corrected chi connectivity index (χ4v) is 6.20. The molecule has 10 heteroatoms. The van der Waals surface area contributed by atoms with E-state index in [4.69, 9.17) is 9.97 Å². The summed E-state index contributed by atoms with van der Waals surface area (Å²) in [6.45, 7) is 9.50. The summed E-state index contributed by atoms with van der Waals surface area (Å²) in [6, 6.07) is 8.03. The zero-order chi connectivity index (χ0) is 25.7. The van der Waals surface area contributed by atoms with E-state index < -0.39 is 5.54 Å². The normalized spacial score (nSPS) is 17.8. The molecule has 0 unspecified atom stereocenters. The van der Waals surface area contributed by atoms with Gasteiger partial charge in [0, 0.05) is 46.0 Å². The van der Waals surface area contributed by atoms with Gasteiger partial charge in [-0.05, 0) is 57.4 Å². The fourth-order valence-electron chi connectivity index (χ4n) is 5.35. The second-order valence-corrected chi connectivity index (χ2v) is 11.7. The first kappa shape index (κ1) is 24.1. The van der Waals surface area contributed by atoms with Crippen LogP contribution in [0.1, 0.15) is 26.0 Å². The number of likely N-dealkylation sites (N-methyl/N-ethyl adjacent to an activating group) is 1. The summed E-state index contributed by atoms with van der Waals surface area (Å²) >= 11 is 1.67. The van der Waals surface area contributed by atoms with Gasteiger partial charge < -0.3 is 24.0 Å². The van der Waals surface area contributed by atoms with Crippen LogP contribution in [-0.4, -0.2) is 88.4 Å². The Morgan fingerprint density at radius 3 is 2.76 bits per heavy atom. The molecule has 2 aliphatic rings. The molecule has 2 saturated heterocycles. The Morgan fingerprint density at radius 2 is 1.92 bits per heavy atom. The highest BCUT2D eigenvalue weighted by Gasteiger charge is 2.41. The zero-order valence-corrected chi connectivity index (χ0v) is 22.8. The van der Waals surface area contributed by atoms with Crippen LogP contribution in [0.4, 0.5) is 11.8 Å². The number of thiophene rings is 1.